The summed E-state index contributed by atoms with van der Waals surface area (Å²) in [6, 6.07) is 8.28. The molecule has 8 nitrogen and oxygen atoms in total. The molecule has 0 saturated carbocycles. The minimum absolute atomic E-state index is 0.0933. The maximum atomic E-state index is 12.5. The Hall–Kier alpha value is -1.68. The Kier molecular flexibility index (Phi) is 9.71. The molecule has 1 unspecified atom stereocenters. The number of amides is 3. The van der Waals surface area contributed by atoms with Gasteiger partial charge in [-0.3, -0.25) is 9.59 Å². The summed E-state index contributed by atoms with van der Waals surface area (Å²) in [5, 5.41) is 0. The number of carbonyl (C=O) groups is 3. The summed E-state index contributed by atoms with van der Waals surface area (Å²) in [4.78, 5) is 36.6. The number of primary amides is 1. The van der Waals surface area contributed by atoms with Crippen molar-refractivity contribution >= 4 is 48.5 Å². The fourth-order valence-electron chi connectivity index (χ4n) is 2.60. The summed E-state index contributed by atoms with van der Waals surface area (Å²) in [5.74, 6) is -1.67. The average Bonchev–Trinajstić information content (AvgIpc) is 2.94. The molecule has 27 heavy (non-hydrogen) atoms. The molecule has 1 aliphatic heterocycles. The highest BCUT2D eigenvalue weighted by Crippen LogP contribution is 2.21. The van der Waals surface area contributed by atoms with Gasteiger partial charge in [0.1, 0.15) is 6.61 Å². The normalized spacial score (nSPS) is 18.3. The Balaban J connectivity index is 0.000000828. The SMILES string of the molecule is C[C@H](CC(N)C(N)=O)C(=O)N1C(=O)OC[C@@H]1Cc1ccccc1.O=S(Cl)Cl. The van der Waals surface area contributed by atoms with E-state index in [0.29, 0.717) is 6.42 Å². The van der Waals surface area contributed by atoms with Crippen LogP contribution in [0.3, 0.4) is 0 Å². The molecule has 0 radical (unpaired) electrons. The third kappa shape index (κ3) is 7.84. The highest BCUT2D eigenvalue weighted by atomic mass is 36.0. The van der Waals surface area contributed by atoms with Gasteiger partial charge in [0, 0.05) is 27.3 Å². The highest BCUT2D eigenvalue weighted by Gasteiger charge is 2.40. The number of benzene rings is 1. The van der Waals surface area contributed by atoms with Gasteiger partial charge >= 0.3 is 6.09 Å². The molecule has 3 amide bonds. The van der Waals surface area contributed by atoms with Crippen LogP contribution in [0.2, 0.25) is 0 Å². The minimum atomic E-state index is -1.67. The second kappa shape index (κ2) is 11.2. The molecule has 1 fully saturated rings. The van der Waals surface area contributed by atoms with Crippen molar-refractivity contribution in [2.24, 2.45) is 17.4 Å². The van der Waals surface area contributed by atoms with Crippen molar-refractivity contribution in [2.75, 3.05) is 6.61 Å². The van der Waals surface area contributed by atoms with Crippen LogP contribution in [-0.2, 0) is 30.0 Å². The number of cyclic esters (lactones) is 1. The van der Waals surface area contributed by atoms with Crippen molar-refractivity contribution < 1.29 is 23.3 Å². The molecule has 1 saturated heterocycles. The third-order valence-corrected chi connectivity index (χ3v) is 3.91. The van der Waals surface area contributed by atoms with Crippen molar-refractivity contribution in [1.82, 2.24) is 4.90 Å². The zero-order valence-electron chi connectivity index (χ0n) is 14.5. The van der Waals surface area contributed by atoms with Crippen LogP contribution in [0, 0.1) is 5.92 Å². The molecular formula is C16H21Cl2N3O5S. The number of rotatable bonds is 6. The zero-order valence-corrected chi connectivity index (χ0v) is 16.9. The second-order valence-electron chi connectivity index (χ2n) is 5.96. The molecule has 0 aromatic heterocycles. The molecule has 0 bridgehead atoms. The molecule has 150 valence electrons. The molecule has 3 atom stereocenters. The molecule has 0 aliphatic carbocycles. The summed E-state index contributed by atoms with van der Waals surface area (Å²) in [6.45, 7) is 1.78. The average molecular weight is 438 g/mol. The number of nitrogens with two attached hydrogens (primary N) is 2. The predicted molar refractivity (Wildman–Crippen MR) is 103 cm³/mol. The van der Waals surface area contributed by atoms with Crippen molar-refractivity contribution in [3.8, 4) is 0 Å². The second-order valence-corrected chi connectivity index (χ2v) is 8.48. The van der Waals surface area contributed by atoms with Crippen molar-refractivity contribution in [1.29, 1.82) is 0 Å². The van der Waals surface area contributed by atoms with Crippen LogP contribution in [0.4, 0.5) is 4.79 Å². The highest BCUT2D eigenvalue weighted by molar-refractivity contribution is 8.26. The van der Waals surface area contributed by atoms with Crippen molar-refractivity contribution in [2.45, 2.75) is 31.8 Å². The Labute approximate surface area is 168 Å². The van der Waals surface area contributed by atoms with E-state index in [0.717, 1.165) is 10.5 Å². The first kappa shape index (κ1) is 23.4. The number of nitrogens with zero attached hydrogens (tertiary/aromatic N) is 1. The van der Waals surface area contributed by atoms with Gasteiger partial charge in [-0.05, 0) is 18.4 Å². The number of carbonyl (C=O) groups excluding carboxylic acids is 3. The summed E-state index contributed by atoms with van der Waals surface area (Å²) >= 11 is 0. The van der Waals surface area contributed by atoms with E-state index in [-0.39, 0.29) is 19.1 Å². The number of hydrogen-bond acceptors (Lipinski definition) is 6. The maximum absolute atomic E-state index is 12.5. The van der Waals surface area contributed by atoms with Crippen LogP contribution in [0.25, 0.3) is 0 Å². The summed E-state index contributed by atoms with van der Waals surface area (Å²) in [6.07, 6.45) is -0.0430. The predicted octanol–water partition coefficient (Wildman–Crippen LogP) is 1.46. The molecular weight excluding hydrogens is 417 g/mol. The Morgan fingerprint density at radius 2 is 1.89 bits per heavy atom. The van der Waals surface area contributed by atoms with E-state index < -0.39 is 39.1 Å². The summed E-state index contributed by atoms with van der Waals surface area (Å²) in [7, 11) is 7.36. The lowest BCUT2D eigenvalue weighted by Crippen LogP contribution is -2.45. The van der Waals surface area contributed by atoms with Gasteiger partial charge < -0.3 is 16.2 Å². The number of imide groups is 1. The monoisotopic (exact) mass is 437 g/mol. The largest absolute Gasteiger partial charge is 0.447 e. The first-order valence-electron chi connectivity index (χ1n) is 7.96. The number of hydrogen-bond donors (Lipinski definition) is 2. The molecule has 1 aliphatic rings. The van der Waals surface area contributed by atoms with Gasteiger partial charge in [0.05, 0.1) is 12.1 Å². The van der Waals surface area contributed by atoms with E-state index in [4.69, 9.17) is 20.4 Å². The van der Waals surface area contributed by atoms with Gasteiger partial charge in [-0.25, -0.2) is 13.9 Å². The van der Waals surface area contributed by atoms with Crippen LogP contribution < -0.4 is 11.5 Å². The van der Waals surface area contributed by atoms with Gasteiger partial charge in [-0.1, -0.05) is 37.3 Å². The first-order chi connectivity index (χ1) is 12.6. The molecule has 2 rings (SSSR count). The topological polar surface area (TPSA) is 133 Å². The molecule has 0 spiro atoms. The number of ether oxygens (including phenoxy) is 1. The maximum Gasteiger partial charge on any atom is 0.416 e. The van der Waals surface area contributed by atoms with Crippen molar-refractivity contribution in [3.05, 3.63) is 35.9 Å². The zero-order chi connectivity index (χ0) is 20.6. The minimum Gasteiger partial charge on any atom is -0.447 e. The number of halogens is 2. The van der Waals surface area contributed by atoms with E-state index in [1.807, 2.05) is 30.3 Å². The fourth-order valence-corrected chi connectivity index (χ4v) is 2.60. The van der Waals surface area contributed by atoms with Crippen LogP contribution in [0.1, 0.15) is 18.9 Å². The lowest BCUT2D eigenvalue weighted by atomic mass is 9.99. The van der Waals surface area contributed by atoms with Gasteiger partial charge in [-0.2, -0.15) is 0 Å². The Morgan fingerprint density at radius 1 is 1.33 bits per heavy atom. The van der Waals surface area contributed by atoms with Gasteiger partial charge in [-0.15, -0.1) is 0 Å². The van der Waals surface area contributed by atoms with Crippen molar-refractivity contribution in [3.63, 3.8) is 0 Å². The van der Waals surface area contributed by atoms with E-state index >= 15 is 0 Å². The van der Waals surface area contributed by atoms with Crippen LogP contribution in [-0.4, -0.2) is 45.7 Å². The van der Waals surface area contributed by atoms with Gasteiger partial charge in [0.15, 0.2) is 0 Å². The third-order valence-electron chi connectivity index (χ3n) is 3.91. The van der Waals surface area contributed by atoms with Crippen LogP contribution in [0.15, 0.2) is 30.3 Å². The standard InChI is InChI=1S/C16H21N3O4.Cl2OS/c1-10(7-13(17)14(18)20)15(21)19-12(9-23-16(19)22)8-11-5-3-2-4-6-11;1-4(2)3/h2-6,10,12-13H,7-9,17H2,1H3,(H2,18,20);/t10-,12+,13?;/m1./s1. The van der Waals surface area contributed by atoms with Gasteiger partial charge in [0.25, 0.3) is 0 Å². The molecule has 4 N–H and O–H groups in total. The lowest BCUT2D eigenvalue weighted by Gasteiger charge is -2.24. The molecule has 1 aromatic carbocycles. The molecule has 11 heteroatoms. The Bertz CT molecular complexity index is 688. The smallest absolute Gasteiger partial charge is 0.416 e. The summed E-state index contributed by atoms with van der Waals surface area (Å²) < 4.78 is 14.1. The van der Waals surface area contributed by atoms with E-state index in [2.05, 4.69) is 21.4 Å². The molecule has 1 aromatic rings. The van der Waals surface area contributed by atoms with E-state index in [1.165, 1.54) is 0 Å². The van der Waals surface area contributed by atoms with E-state index in [1.54, 1.807) is 6.92 Å². The summed E-state index contributed by atoms with van der Waals surface area (Å²) in [5.41, 5.74) is 11.7. The van der Waals surface area contributed by atoms with Gasteiger partial charge in [0.2, 0.25) is 21.0 Å². The van der Waals surface area contributed by atoms with Crippen LogP contribution in [0.5, 0.6) is 0 Å². The quantitative estimate of drug-likeness (QED) is 0.646. The first-order valence-corrected chi connectivity index (χ1v) is 10.8. The fraction of sp³-hybridized carbons (Fsp3) is 0.438. The molecule has 1 heterocycles. The van der Waals surface area contributed by atoms with Crippen LogP contribution >= 0.6 is 21.4 Å². The van der Waals surface area contributed by atoms with E-state index in [9.17, 15) is 14.4 Å². The lowest BCUT2D eigenvalue weighted by molar-refractivity contribution is -0.133. The Morgan fingerprint density at radius 3 is 2.41 bits per heavy atom.